The van der Waals surface area contributed by atoms with Gasteiger partial charge in [-0.1, -0.05) is 77.3 Å². The number of nitrogens with zero attached hydrogens (tertiary/aromatic N) is 1. The van der Waals surface area contributed by atoms with Crippen molar-refractivity contribution in [3.63, 3.8) is 0 Å². The second-order valence-electron chi connectivity index (χ2n) is 5.55. The second kappa shape index (κ2) is 10.4. The van der Waals surface area contributed by atoms with E-state index in [1.54, 1.807) is 30.3 Å². The van der Waals surface area contributed by atoms with E-state index >= 15 is 0 Å². The van der Waals surface area contributed by atoms with Crippen LogP contribution in [-0.4, -0.2) is 26.1 Å². The normalized spacial score (nSPS) is 11.8. The lowest BCUT2D eigenvalue weighted by Gasteiger charge is -2.27. The van der Waals surface area contributed by atoms with Crippen LogP contribution in [-0.2, 0) is 11.3 Å². The molecule has 0 radical (unpaired) electrons. The van der Waals surface area contributed by atoms with E-state index in [0.29, 0.717) is 0 Å². The summed E-state index contributed by atoms with van der Waals surface area (Å²) in [5, 5.41) is 18.6. The predicted molar refractivity (Wildman–Crippen MR) is 116 cm³/mol. The van der Waals surface area contributed by atoms with E-state index in [2.05, 4.69) is 16.0 Å². The number of anilines is 1. The minimum Gasteiger partial charge on any atom is -0.445 e. The number of rotatable bonds is 6. The van der Waals surface area contributed by atoms with Crippen LogP contribution >= 0.6 is 47.0 Å². The van der Waals surface area contributed by atoms with Gasteiger partial charge in [0.25, 0.3) is 5.69 Å². The van der Waals surface area contributed by atoms with Crippen molar-refractivity contribution in [2.45, 2.75) is 16.6 Å². The number of carbonyl (C=O) groups excluding carboxylic acids is 1. The summed E-state index contributed by atoms with van der Waals surface area (Å²) in [5.41, 5.74) is 0.705. The van der Waals surface area contributed by atoms with E-state index in [0.717, 1.165) is 5.56 Å². The maximum absolute atomic E-state index is 12.1. The molecule has 0 aliphatic carbocycles. The Balaban J connectivity index is 1.99. The number of alkyl carbamates (subject to hydrolysis) is 1. The van der Waals surface area contributed by atoms with E-state index in [1.165, 1.54) is 18.2 Å². The van der Waals surface area contributed by atoms with E-state index in [1.807, 2.05) is 6.07 Å². The number of amides is 1. The van der Waals surface area contributed by atoms with Crippen LogP contribution in [0.5, 0.6) is 0 Å². The number of hydrogen-bond acceptors (Lipinski definition) is 5. The lowest BCUT2D eigenvalue weighted by molar-refractivity contribution is -0.383. The molecule has 12 heteroatoms. The van der Waals surface area contributed by atoms with Crippen molar-refractivity contribution in [1.82, 2.24) is 10.6 Å². The standard InChI is InChI=1S/C17H15Cl3N4O4S/c18-17(19,20)14(23-16(25)28-10-11-6-2-1-3-7-11)22-15(29)21-12-8-4-5-9-13(12)24(26)27/h1-9,14H,10H2,(H,23,25)(H2,21,22,29). The molecule has 154 valence electrons. The Hall–Kier alpha value is -2.33. The van der Waals surface area contributed by atoms with Gasteiger partial charge in [0.15, 0.2) is 11.3 Å². The van der Waals surface area contributed by atoms with Gasteiger partial charge in [0.05, 0.1) is 4.92 Å². The summed E-state index contributed by atoms with van der Waals surface area (Å²) < 4.78 is 3.09. The molecule has 1 unspecified atom stereocenters. The summed E-state index contributed by atoms with van der Waals surface area (Å²) in [5.74, 6) is 0. The van der Waals surface area contributed by atoms with Crippen LogP contribution < -0.4 is 16.0 Å². The molecule has 8 nitrogen and oxygen atoms in total. The molecule has 0 aliphatic rings. The molecule has 0 heterocycles. The van der Waals surface area contributed by atoms with E-state index in [4.69, 9.17) is 51.8 Å². The third kappa shape index (κ3) is 7.54. The first-order valence-corrected chi connectivity index (χ1v) is 9.56. The highest BCUT2D eigenvalue weighted by Crippen LogP contribution is 2.29. The Labute approximate surface area is 186 Å². The van der Waals surface area contributed by atoms with E-state index in [-0.39, 0.29) is 23.1 Å². The fraction of sp³-hybridized carbons (Fsp3) is 0.176. The fourth-order valence-corrected chi connectivity index (χ4v) is 2.67. The molecule has 0 saturated heterocycles. The van der Waals surface area contributed by atoms with Crippen molar-refractivity contribution in [1.29, 1.82) is 0 Å². The highest BCUT2D eigenvalue weighted by molar-refractivity contribution is 7.80. The first-order chi connectivity index (χ1) is 13.7. The lowest BCUT2D eigenvalue weighted by Crippen LogP contribution is -2.56. The maximum atomic E-state index is 12.1. The van der Waals surface area contributed by atoms with Gasteiger partial charge in [-0.25, -0.2) is 4.79 Å². The number of nitro benzene ring substituents is 1. The Morgan fingerprint density at radius 2 is 1.72 bits per heavy atom. The van der Waals surface area contributed by atoms with Gasteiger partial charge >= 0.3 is 6.09 Å². The number of hydrogen-bond donors (Lipinski definition) is 3. The highest BCUT2D eigenvalue weighted by Gasteiger charge is 2.35. The fourth-order valence-electron chi connectivity index (χ4n) is 2.11. The first-order valence-electron chi connectivity index (χ1n) is 8.01. The van der Waals surface area contributed by atoms with Gasteiger partial charge in [0, 0.05) is 6.07 Å². The van der Waals surface area contributed by atoms with Gasteiger partial charge < -0.3 is 15.4 Å². The van der Waals surface area contributed by atoms with Gasteiger partial charge in [-0.2, -0.15) is 0 Å². The smallest absolute Gasteiger partial charge is 0.409 e. The van der Waals surface area contributed by atoms with Crippen molar-refractivity contribution in [3.8, 4) is 0 Å². The molecular formula is C17H15Cl3N4O4S. The first kappa shape index (κ1) is 23.0. The summed E-state index contributed by atoms with van der Waals surface area (Å²) in [6, 6.07) is 14.8. The average molecular weight is 478 g/mol. The molecule has 29 heavy (non-hydrogen) atoms. The molecule has 2 aromatic carbocycles. The van der Waals surface area contributed by atoms with Crippen LogP contribution in [0.15, 0.2) is 54.6 Å². The predicted octanol–water partition coefficient (Wildman–Crippen LogP) is 4.50. The summed E-state index contributed by atoms with van der Waals surface area (Å²) >= 11 is 22.8. The van der Waals surface area contributed by atoms with Crippen LogP contribution in [0.3, 0.4) is 0 Å². The molecule has 3 N–H and O–H groups in total. The third-order valence-corrected chi connectivity index (χ3v) is 4.30. The summed E-state index contributed by atoms with van der Waals surface area (Å²) in [4.78, 5) is 22.6. The molecule has 2 aromatic rings. The molecule has 2 rings (SSSR count). The maximum Gasteiger partial charge on any atom is 0.409 e. The molecular weight excluding hydrogens is 463 g/mol. The Morgan fingerprint density at radius 3 is 2.34 bits per heavy atom. The molecule has 0 bridgehead atoms. The van der Waals surface area contributed by atoms with Crippen LogP contribution in [0.4, 0.5) is 16.2 Å². The number of para-hydroxylation sites is 2. The summed E-state index contributed by atoms with van der Waals surface area (Å²) in [6.07, 6.45) is -2.13. The zero-order chi connectivity index (χ0) is 21.4. The molecule has 1 amide bonds. The van der Waals surface area contributed by atoms with Crippen molar-refractivity contribution >= 4 is 69.6 Å². The molecule has 1 atom stereocenters. The van der Waals surface area contributed by atoms with Crippen LogP contribution in [0.1, 0.15) is 5.56 Å². The van der Waals surface area contributed by atoms with Gasteiger partial charge in [-0.05, 0) is 23.8 Å². The number of nitrogens with one attached hydrogen (secondary N) is 3. The molecule has 0 saturated carbocycles. The number of thiocarbonyl (C=S) groups is 1. The van der Waals surface area contributed by atoms with Crippen molar-refractivity contribution < 1.29 is 14.5 Å². The van der Waals surface area contributed by atoms with Gasteiger partial charge in [0.2, 0.25) is 3.79 Å². The quantitative estimate of drug-likeness (QED) is 0.185. The largest absolute Gasteiger partial charge is 0.445 e. The number of ether oxygens (including phenoxy) is 1. The third-order valence-electron chi connectivity index (χ3n) is 3.43. The lowest BCUT2D eigenvalue weighted by atomic mass is 10.2. The molecule has 0 aliphatic heterocycles. The van der Waals surface area contributed by atoms with Crippen LogP contribution in [0.2, 0.25) is 0 Å². The number of benzene rings is 2. The SMILES string of the molecule is O=C(NC(NC(=S)Nc1ccccc1[N+](=O)[O-])C(Cl)(Cl)Cl)OCc1ccccc1. The van der Waals surface area contributed by atoms with Crippen LogP contribution in [0.25, 0.3) is 0 Å². The van der Waals surface area contributed by atoms with Crippen LogP contribution in [0, 0.1) is 10.1 Å². The number of nitro groups is 1. The average Bonchev–Trinajstić information content (AvgIpc) is 2.66. The van der Waals surface area contributed by atoms with Gasteiger partial charge in [0.1, 0.15) is 12.3 Å². The number of carbonyl (C=O) groups is 1. The number of halogens is 3. The zero-order valence-corrected chi connectivity index (χ0v) is 17.7. The van der Waals surface area contributed by atoms with Gasteiger partial charge in [-0.3, -0.25) is 15.4 Å². The highest BCUT2D eigenvalue weighted by atomic mass is 35.6. The minimum absolute atomic E-state index is 0.0121. The Bertz CT molecular complexity index is 880. The summed E-state index contributed by atoms with van der Waals surface area (Å²) in [7, 11) is 0. The topological polar surface area (TPSA) is 106 Å². The summed E-state index contributed by atoms with van der Waals surface area (Å²) in [6.45, 7) is 0.0121. The Morgan fingerprint density at radius 1 is 1.10 bits per heavy atom. The zero-order valence-electron chi connectivity index (χ0n) is 14.6. The molecule has 0 spiro atoms. The number of alkyl halides is 3. The Kier molecular flexibility index (Phi) is 8.27. The van der Waals surface area contributed by atoms with Crippen molar-refractivity contribution in [3.05, 3.63) is 70.3 Å². The van der Waals surface area contributed by atoms with E-state index in [9.17, 15) is 14.9 Å². The monoisotopic (exact) mass is 476 g/mol. The van der Waals surface area contributed by atoms with Crippen molar-refractivity contribution in [2.24, 2.45) is 0 Å². The van der Waals surface area contributed by atoms with Gasteiger partial charge in [-0.15, -0.1) is 0 Å². The van der Waals surface area contributed by atoms with Crippen molar-refractivity contribution in [2.75, 3.05) is 5.32 Å². The molecule has 0 fully saturated rings. The minimum atomic E-state index is -2.00. The van der Waals surface area contributed by atoms with E-state index < -0.39 is 21.0 Å². The second-order valence-corrected chi connectivity index (χ2v) is 8.33. The molecule has 0 aromatic heterocycles.